The predicted octanol–water partition coefficient (Wildman–Crippen LogP) is 3.52. The first kappa shape index (κ1) is 23.0. The first-order chi connectivity index (χ1) is 13.8. The van der Waals surface area contributed by atoms with E-state index < -0.39 is 17.8 Å². The van der Waals surface area contributed by atoms with Gasteiger partial charge in [-0.2, -0.15) is 0 Å². The highest BCUT2D eigenvalue weighted by molar-refractivity contribution is 6.00. The summed E-state index contributed by atoms with van der Waals surface area (Å²) in [6.45, 7) is 8.81. The van der Waals surface area contributed by atoms with Gasteiger partial charge in [-0.15, -0.1) is 0 Å². The molecule has 0 saturated carbocycles. The third kappa shape index (κ3) is 6.11. The van der Waals surface area contributed by atoms with Gasteiger partial charge in [-0.25, -0.2) is 0 Å². The summed E-state index contributed by atoms with van der Waals surface area (Å²) in [6.07, 6.45) is 0. The van der Waals surface area contributed by atoms with Crippen molar-refractivity contribution in [2.75, 3.05) is 13.2 Å². The number of nitrogens with two attached hydrogens (primary N) is 1. The molecule has 1 unspecified atom stereocenters. The minimum absolute atomic E-state index is 0.243. The molecule has 158 valence electrons. The maximum absolute atomic E-state index is 12.6. The molecule has 0 aliphatic carbocycles. The number of carbonyl (C=O) groups is 1. The van der Waals surface area contributed by atoms with Gasteiger partial charge in [0.05, 0.1) is 13.2 Å². The number of aliphatic hydroxyl groups is 1. The van der Waals surface area contributed by atoms with Crippen LogP contribution in [0.2, 0.25) is 0 Å². The largest absolute Gasteiger partial charge is 0.489 e. The second kappa shape index (κ2) is 9.98. The molecule has 1 fully saturated rings. The Hall–Kier alpha value is -2.25. The number of benzene rings is 2. The van der Waals surface area contributed by atoms with Gasteiger partial charge in [0.25, 0.3) is 0 Å². The smallest absolute Gasteiger partial charge is 0.304 e. The molecule has 0 spiro atoms. The Kier molecular flexibility index (Phi) is 7.93. The van der Waals surface area contributed by atoms with Crippen LogP contribution in [0.3, 0.4) is 0 Å². The fraction of sp³-hybridized carbons (Fsp3) is 0.435. The second-order valence-electron chi connectivity index (χ2n) is 7.51. The highest BCUT2D eigenvalue weighted by Crippen LogP contribution is 2.30. The molecule has 3 N–H and O–H groups in total. The zero-order valence-electron chi connectivity index (χ0n) is 17.6. The van der Waals surface area contributed by atoms with Gasteiger partial charge >= 0.3 is 5.97 Å². The first-order valence-corrected chi connectivity index (χ1v) is 9.86. The summed E-state index contributed by atoms with van der Waals surface area (Å²) in [5.41, 5.74) is 7.09. The minimum Gasteiger partial charge on any atom is -0.489 e. The van der Waals surface area contributed by atoms with Crippen molar-refractivity contribution in [2.45, 2.75) is 46.3 Å². The van der Waals surface area contributed by atoms with E-state index in [4.69, 9.17) is 19.9 Å². The van der Waals surface area contributed by atoms with Crippen molar-refractivity contribution in [3.05, 3.63) is 65.7 Å². The van der Waals surface area contributed by atoms with Crippen LogP contribution >= 0.6 is 0 Å². The fourth-order valence-electron chi connectivity index (χ4n) is 2.66. The maximum atomic E-state index is 12.6. The van der Waals surface area contributed by atoms with Gasteiger partial charge in [-0.1, -0.05) is 58.0 Å². The van der Waals surface area contributed by atoms with Crippen LogP contribution in [0.25, 0.3) is 0 Å². The molecule has 1 heterocycles. The van der Waals surface area contributed by atoms with Crippen molar-refractivity contribution < 1.29 is 24.1 Å². The Morgan fingerprint density at radius 2 is 1.62 bits per heavy atom. The monoisotopic (exact) mass is 401 g/mol. The Labute approximate surface area is 172 Å². The number of hydrogen-bond donors (Lipinski definition) is 2. The summed E-state index contributed by atoms with van der Waals surface area (Å²) in [5, 5.41) is 10.5. The maximum Gasteiger partial charge on any atom is 0.304 e. The van der Waals surface area contributed by atoms with Crippen LogP contribution in [0, 0.1) is 5.41 Å². The Morgan fingerprint density at radius 1 is 1.07 bits per heavy atom. The molecule has 1 aliphatic rings. The molecular formula is C23H31NO5. The van der Waals surface area contributed by atoms with Gasteiger partial charge in [0.1, 0.15) is 12.4 Å². The van der Waals surface area contributed by atoms with E-state index in [-0.39, 0.29) is 18.6 Å². The van der Waals surface area contributed by atoms with E-state index in [2.05, 4.69) is 0 Å². The summed E-state index contributed by atoms with van der Waals surface area (Å²) in [4.78, 5) is 12.6. The van der Waals surface area contributed by atoms with Crippen LogP contribution in [-0.2, 0) is 16.1 Å². The summed E-state index contributed by atoms with van der Waals surface area (Å²) < 4.78 is 16.4. The van der Waals surface area contributed by atoms with Gasteiger partial charge in [-0.05, 0) is 29.8 Å². The third-order valence-corrected chi connectivity index (χ3v) is 4.40. The first-order valence-electron chi connectivity index (χ1n) is 9.86. The quantitative estimate of drug-likeness (QED) is 0.720. The standard InChI is InChI=1S/C21H25NO5.C2H6/c1-20(2)13-26-21(24,27-14-20)19(22)18(23)16-8-10-17(11-9-16)25-12-15-6-4-3-5-7-15;1-2/h3-11,19,24H,12-14,22H2,1-2H3;1-2H3. The molecule has 6 nitrogen and oxygen atoms in total. The highest BCUT2D eigenvalue weighted by atomic mass is 16.8. The van der Waals surface area contributed by atoms with Crippen LogP contribution < -0.4 is 10.5 Å². The van der Waals surface area contributed by atoms with Gasteiger partial charge in [-0.3, -0.25) is 4.79 Å². The predicted molar refractivity (Wildman–Crippen MR) is 112 cm³/mol. The van der Waals surface area contributed by atoms with E-state index in [0.717, 1.165) is 5.56 Å². The average molecular weight is 402 g/mol. The van der Waals surface area contributed by atoms with Crippen LogP contribution in [0.15, 0.2) is 54.6 Å². The molecule has 0 radical (unpaired) electrons. The number of rotatable bonds is 6. The number of Topliss-reactive ketones (excluding diaryl/α,β-unsaturated/α-hetero) is 1. The van der Waals surface area contributed by atoms with Gasteiger partial charge in [0, 0.05) is 11.0 Å². The lowest BCUT2D eigenvalue weighted by Gasteiger charge is -2.41. The van der Waals surface area contributed by atoms with E-state index in [1.165, 1.54) is 0 Å². The van der Waals surface area contributed by atoms with Crippen molar-refractivity contribution in [1.29, 1.82) is 0 Å². The zero-order chi connectivity index (χ0) is 21.5. The molecule has 0 aromatic heterocycles. The summed E-state index contributed by atoms with van der Waals surface area (Å²) in [5.74, 6) is -1.95. The van der Waals surface area contributed by atoms with E-state index in [1.54, 1.807) is 24.3 Å². The van der Waals surface area contributed by atoms with E-state index in [1.807, 2.05) is 58.0 Å². The molecule has 1 aliphatic heterocycles. The zero-order valence-corrected chi connectivity index (χ0v) is 17.6. The molecule has 0 bridgehead atoms. The topological polar surface area (TPSA) is 91.0 Å². The molecule has 1 saturated heterocycles. The number of carbonyl (C=O) groups excluding carboxylic acids is 1. The normalized spacial score (nSPS) is 18.1. The van der Waals surface area contributed by atoms with Gasteiger partial charge in [0.2, 0.25) is 0 Å². The third-order valence-electron chi connectivity index (χ3n) is 4.40. The number of hydrogen-bond acceptors (Lipinski definition) is 6. The van der Waals surface area contributed by atoms with Gasteiger partial charge < -0.3 is 25.1 Å². The van der Waals surface area contributed by atoms with Crippen LogP contribution in [0.4, 0.5) is 0 Å². The van der Waals surface area contributed by atoms with Crippen LogP contribution in [0.5, 0.6) is 5.75 Å². The van der Waals surface area contributed by atoms with E-state index in [9.17, 15) is 9.90 Å². The SMILES string of the molecule is CC.CC1(C)COC(O)(C(N)C(=O)c2ccc(OCc3ccccc3)cc2)OC1. The Bertz CT molecular complexity index is 764. The van der Waals surface area contributed by atoms with Crippen LogP contribution in [0.1, 0.15) is 43.6 Å². The summed E-state index contributed by atoms with van der Waals surface area (Å²) >= 11 is 0. The highest BCUT2D eigenvalue weighted by Gasteiger charge is 2.47. The van der Waals surface area contributed by atoms with Crippen LogP contribution in [-0.4, -0.2) is 36.1 Å². The summed E-state index contributed by atoms with van der Waals surface area (Å²) in [7, 11) is 0. The lowest BCUT2D eigenvalue weighted by molar-refractivity contribution is -0.402. The average Bonchev–Trinajstić information content (AvgIpc) is 2.76. The lowest BCUT2D eigenvalue weighted by atomic mass is 9.94. The van der Waals surface area contributed by atoms with Crippen molar-refractivity contribution in [3.63, 3.8) is 0 Å². The number of ether oxygens (including phenoxy) is 3. The molecule has 1 atom stereocenters. The minimum atomic E-state index is -2.12. The molecule has 2 aromatic rings. The van der Waals surface area contributed by atoms with Gasteiger partial charge in [0.15, 0.2) is 11.8 Å². The molecule has 6 heteroatoms. The molecule has 3 rings (SSSR count). The van der Waals surface area contributed by atoms with E-state index >= 15 is 0 Å². The molecular weight excluding hydrogens is 370 g/mol. The van der Waals surface area contributed by atoms with E-state index in [0.29, 0.717) is 17.9 Å². The number of ketones is 1. The Morgan fingerprint density at radius 3 is 2.17 bits per heavy atom. The second-order valence-corrected chi connectivity index (χ2v) is 7.51. The fourth-order valence-corrected chi connectivity index (χ4v) is 2.66. The summed E-state index contributed by atoms with van der Waals surface area (Å²) in [6, 6.07) is 15.1. The van der Waals surface area contributed by atoms with Crippen molar-refractivity contribution in [3.8, 4) is 5.75 Å². The molecule has 2 aromatic carbocycles. The molecule has 29 heavy (non-hydrogen) atoms. The van der Waals surface area contributed by atoms with Crippen molar-refractivity contribution in [1.82, 2.24) is 0 Å². The molecule has 0 amide bonds. The van der Waals surface area contributed by atoms with Crippen molar-refractivity contribution in [2.24, 2.45) is 11.1 Å². The Balaban J connectivity index is 0.00000145. The van der Waals surface area contributed by atoms with Crippen molar-refractivity contribution >= 4 is 5.78 Å². The lowest BCUT2D eigenvalue weighted by Crippen LogP contribution is -2.60.